The number of fused-ring (bicyclic) bond motifs is 3. The van der Waals surface area contributed by atoms with Crippen LogP contribution in [0.3, 0.4) is 0 Å². The van der Waals surface area contributed by atoms with Crippen LogP contribution in [0, 0.1) is 0 Å². The highest BCUT2D eigenvalue weighted by Crippen LogP contribution is 2.38. The minimum Gasteiger partial charge on any atom is -0.493 e. The van der Waals surface area contributed by atoms with E-state index < -0.39 is 0 Å². The van der Waals surface area contributed by atoms with E-state index in [1.165, 1.54) is 0 Å². The second-order valence-corrected chi connectivity index (χ2v) is 7.03. The van der Waals surface area contributed by atoms with Crippen LogP contribution in [0.2, 0.25) is 0 Å². The second kappa shape index (κ2) is 8.71. The molecule has 0 aliphatic carbocycles. The Morgan fingerprint density at radius 3 is 2.33 bits per heavy atom. The summed E-state index contributed by atoms with van der Waals surface area (Å²) in [6.45, 7) is 5.84. The summed E-state index contributed by atoms with van der Waals surface area (Å²) >= 11 is 0. The van der Waals surface area contributed by atoms with Crippen LogP contribution in [-0.4, -0.2) is 32.0 Å². The fourth-order valence-corrected chi connectivity index (χ4v) is 3.98. The third kappa shape index (κ3) is 3.59. The molecule has 0 radical (unpaired) electrons. The van der Waals surface area contributed by atoms with Gasteiger partial charge < -0.3 is 28.8 Å². The number of ether oxygens (including phenoxy) is 4. The monoisotopic (exact) mass is 408 g/mol. The summed E-state index contributed by atoms with van der Waals surface area (Å²) in [6, 6.07) is 14.4. The summed E-state index contributed by atoms with van der Waals surface area (Å²) in [5.74, 6) is 2.98. The van der Waals surface area contributed by atoms with Gasteiger partial charge in [0.25, 0.3) is 0 Å². The van der Waals surface area contributed by atoms with E-state index in [9.17, 15) is 0 Å². The largest absolute Gasteiger partial charge is 0.493 e. The van der Waals surface area contributed by atoms with Crippen LogP contribution >= 0.6 is 0 Å². The molecule has 6 nitrogen and oxygen atoms in total. The Hall–Kier alpha value is -3.12. The van der Waals surface area contributed by atoms with Gasteiger partial charge in [-0.1, -0.05) is 6.07 Å². The van der Waals surface area contributed by atoms with Crippen LogP contribution in [0.1, 0.15) is 36.7 Å². The van der Waals surface area contributed by atoms with E-state index in [4.69, 9.17) is 18.9 Å². The van der Waals surface area contributed by atoms with Crippen molar-refractivity contribution in [2.75, 3.05) is 27.4 Å². The number of methoxy groups -OCH3 is 2. The van der Waals surface area contributed by atoms with Crippen LogP contribution in [0.4, 0.5) is 0 Å². The number of nitrogens with one attached hydrogen (secondary N) is 1. The number of nitrogens with zero attached hydrogens (tertiary/aromatic N) is 1. The molecule has 1 atom stereocenters. The minimum absolute atomic E-state index is 0.00158. The smallest absolute Gasteiger partial charge is 0.163 e. The molecular weight excluding hydrogens is 380 g/mol. The SMILES string of the molecule is CCOc1cc2c(cc1OCC)-n1cccc1C(c1ccc(OC)c(OC)c1)NC2. The van der Waals surface area contributed by atoms with E-state index in [2.05, 4.69) is 46.4 Å². The van der Waals surface area contributed by atoms with Gasteiger partial charge >= 0.3 is 0 Å². The predicted octanol–water partition coefficient (Wildman–Crippen LogP) is 4.48. The molecule has 2 heterocycles. The Bertz CT molecular complexity index is 1030. The summed E-state index contributed by atoms with van der Waals surface area (Å²) in [4.78, 5) is 0. The van der Waals surface area contributed by atoms with E-state index in [-0.39, 0.29) is 6.04 Å². The highest BCUT2D eigenvalue weighted by atomic mass is 16.5. The first-order chi connectivity index (χ1) is 14.7. The molecule has 6 heteroatoms. The molecule has 1 unspecified atom stereocenters. The van der Waals surface area contributed by atoms with Gasteiger partial charge in [-0.05, 0) is 55.3 Å². The van der Waals surface area contributed by atoms with E-state index in [0.717, 1.165) is 39.8 Å². The standard InChI is InChI=1S/C24H28N2O4/c1-5-29-22-13-17-15-25-24(16-9-10-20(27-3)21(12-16)28-4)18-8-7-11-26(18)19(17)14-23(22)30-6-2/h7-14,24-25H,5-6,15H2,1-4H3. The maximum atomic E-state index is 5.87. The molecular formula is C24H28N2O4. The zero-order valence-corrected chi connectivity index (χ0v) is 17.9. The topological polar surface area (TPSA) is 53.9 Å². The highest BCUT2D eigenvalue weighted by molar-refractivity contribution is 5.57. The summed E-state index contributed by atoms with van der Waals surface area (Å²) in [5.41, 5.74) is 4.50. The van der Waals surface area contributed by atoms with E-state index in [1.807, 2.05) is 26.0 Å². The van der Waals surface area contributed by atoms with Crippen LogP contribution in [-0.2, 0) is 6.54 Å². The van der Waals surface area contributed by atoms with Crippen molar-refractivity contribution >= 4 is 0 Å². The molecule has 0 saturated heterocycles. The minimum atomic E-state index is -0.00158. The van der Waals surface area contributed by atoms with Crippen LogP contribution in [0.5, 0.6) is 23.0 Å². The summed E-state index contributed by atoms with van der Waals surface area (Å²) in [7, 11) is 3.31. The Morgan fingerprint density at radius 1 is 0.900 bits per heavy atom. The van der Waals surface area contributed by atoms with Crippen molar-refractivity contribution in [3.05, 3.63) is 65.5 Å². The summed E-state index contributed by atoms with van der Waals surface area (Å²) in [5, 5.41) is 3.69. The normalized spacial score (nSPS) is 15.0. The van der Waals surface area contributed by atoms with Crippen molar-refractivity contribution in [2.24, 2.45) is 0 Å². The number of hydrogen-bond donors (Lipinski definition) is 1. The second-order valence-electron chi connectivity index (χ2n) is 7.03. The maximum absolute atomic E-state index is 5.87. The van der Waals surface area contributed by atoms with E-state index >= 15 is 0 Å². The van der Waals surface area contributed by atoms with Crippen molar-refractivity contribution in [2.45, 2.75) is 26.4 Å². The average molecular weight is 408 g/mol. The van der Waals surface area contributed by atoms with Crippen LogP contribution < -0.4 is 24.3 Å². The summed E-state index contributed by atoms with van der Waals surface area (Å²) < 4.78 is 24.8. The van der Waals surface area contributed by atoms with Crippen LogP contribution in [0.25, 0.3) is 5.69 Å². The first-order valence-corrected chi connectivity index (χ1v) is 10.3. The molecule has 1 aromatic heterocycles. The molecule has 1 aliphatic heterocycles. The van der Waals surface area contributed by atoms with Gasteiger partial charge in [-0.3, -0.25) is 0 Å². The lowest BCUT2D eigenvalue weighted by molar-refractivity contribution is 0.287. The zero-order chi connectivity index (χ0) is 21.1. The molecule has 0 amide bonds. The first-order valence-electron chi connectivity index (χ1n) is 10.3. The Morgan fingerprint density at radius 2 is 1.63 bits per heavy atom. The maximum Gasteiger partial charge on any atom is 0.163 e. The fourth-order valence-electron chi connectivity index (χ4n) is 3.98. The molecule has 30 heavy (non-hydrogen) atoms. The first kappa shape index (κ1) is 20.2. The average Bonchev–Trinajstić information content (AvgIpc) is 3.19. The van der Waals surface area contributed by atoms with Gasteiger partial charge in [-0.2, -0.15) is 0 Å². The number of benzene rings is 2. The van der Waals surface area contributed by atoms with Crippen molar-refractivity contribution < 1.29 is 18.9 Å². The van der Waals surface area contributed by atoms with Gasteiger partial charge in [0.2, 0.25) is 0 Å². The molecule has 4 rings (SSSR count). The van der Waals surface area contributed by atoms with Crippen LogP contribution in [0.15, 0.2) is 48.7 Å². The Balaban J connectivity index is 1.79. The lowest BCUT2D eigenvalue weighted by Gasteiger charge is -2.19. The fraction of sp³-hybridized carbons (Fsp3) is 0.333. The third-order valence-electron chi connectivity index (χ3n) is 5.32. The van der Waals surface area contributed by atoms with Gasteiger partial charge in [0.15, 0.2) is 23.0 Å². The van der Waals surface area contributed by atoms with Gasteiger partial charge in [0, 0.05) is 24.5 Å². The molecule has 1 N–H and O–H groups in total. The zero-order valence-electron chi connectivity index (χ0n) is 17.9. The molecule has 158 valence electrons. The Labute approximate surface area is 177 Å². The highest BCUT2D eigenvalue weighted by Gasteiger charge is 2.25. The van der Waals surface area contributed by atoms with E-state index in [1.54, 1.807) is 14.2 Å². The molecule has 0 spiro atoms. The molecule has 0 bridgehead atoms. The van der Waals surface area contributed by atoms with Gasteiger partial charge in [0.1, 0.15) is 0 Å². The molecule has 0 saturated carbocycles. The predicted molar refractivity (Wildman–Crippen MR) is 116 cm³/mol. The van der Waals surface area contributed by atoms with Crippen molar-refractivity contribution in [1.29, 1.82) is 0 Å². The molecule has 2 aromatic carbocycles. The third-order valence-corrected chi connectivity index (χ3v) is 5.32. The lowest BCUT2D eigenvalue weighted by Crippen LogP contribution is -2.21. The van der Waals surface area contributed by atoms with Crippen molar-refractivity contribution in [3.8, 4) is 28.7 Å². The lowest BCUT2D eigenvalue weighted by atomic mass is 10.0. The number of hydrogen-bond acceptors (Lipinski definition) is 5. The number of aromatic nitrogens is 1. The van der Waals surface area contributed by atoms with Gasteiger partial charge in [-0.25, -0.2) is 0 Å². The molecule has 1 aliphatic rings. The van der Waals surface area contributed by atoms with Crippen molar-refractivity contribution in [1.82, 2.24) is 9.88 Å². The van der Waals surface area contributed by atoms with Gasteiger partial charge in [-0.15, -0.1) is 0 Å². The van der Waals surface area contributed by atoms with Gasteiger partial charge in [0.05, 0.1) is 39.2 Å². The molecule has 0 fully saturated rings. The number of rotatable bonds is 7. The van der Waals surface area contributed by atoms with E-state index in [0.29, 0.717) is 25.5 Å². The quantitative estimate of drug-likeness (QED) is 0.625. The Kier molecular flexibility index (Phi) is 5.86. The van der Waals surface area contributed by atoms with Crippen molar-refractivity contribution in [3.63, 3.8) is 0 Å². The molecule has 3 aromatic rings. The summed E-state index contributed by atoms with van der Waals surface area (Å²) in [6.07, 6.45) is 2.09.